The van der Waals surface area contributed by atoms with Crippen LogP contribution in [0.3, 0.4) is 0 Å². The van der Waals surface area contributed by atoms with E-state index in [0.717, 1.165) is 26.4 Å². The highest BCUT2D eigenvalue weighted by Gasteiger charge is 2.55. The summed E-state index contributed by atoms with van der Waals surface area (Å²) in [5, 5.41) is 0. The Balaban J connectivity index is 2.39. The summed E-state index contributed by atoms with van der Waals surface area (Å²) in [6, 6.07) is 0. The lowest BCUT2D eigenvalue weighted by atomic mass is 9.75. The van der Waals surface area contributed by atoms with Crippen LogP contribution in [0.1, 0.15) is 84.0 Å². The third-order valence-corrected chi connectivity index (χ3v) is 5.58. The fraction of sp³-hybridized carbons (Fsp3) is 0.800. The van der Waals surface area contributed by atoms with Crippen LogP contribution >= 0.6 is 11.6 Å². The minimum atomic E-state index is -1.90. The number of unbranched alkanes of at least 4 members (excludes halogenated alkanes) is 8. The predicted octanol–water partition coefficient (Wildman–Crippen LogP) is 4.18. The van der Waals surface area contributed by atoms with Crippen molar-refractivity contribution < 1.29 is 23.9 Å². The minimum absolute atomic E-state index is 0.0570. The van der Waals surface area contributed by atoms with Crippen LogP contribution in [0.5, 0.6) is 0 Å². The lowest BCUT2D eigenvalue weighted by molar-refractivity contribution is -0.153. The van der Waals surface area contributed by atoms with Gasteiger partial charge in [-0.15, -0.1) is 0 Å². The Kier molecular flexibility index (Phi) is 10.1. The molecule has 0 bridgehead atoms. The van der Waals surface area contributed by atoms with Gasteiger partial charge in [-0.3, -0.25) is 14.4 Å². The van der Waals surface area contributed by atoms with E-state index < -0.39 is 34.1 Å². The van der Waals surface area contributed by atoms with E-state index in [2.05, 4.69) is 11.7 Å². The van der Waals surface area contributed by atoms with Gasteiger partial charge in [0.15, 0.2) is 17.3 Å². The second-order valence-electron chi connectivity index (χ2n) is 7.10. The maximum Gasteiger partial charge on any atom is 0.334 e. The quantitative estimate of drug-likeness (QED) is 0.217. The van der Waals surface area contributed by atoms with Crippen molar-refractivity contribution in [3.05, 3.63) is 0 Å². The van der Waals surface area contributed by atoms with Gasteiger partial charge in [0, 0.05) is 12.8 Å². The Labute approximate surface area is 161 Å². The van der Waals surface area contributed by atoms with Gasteiger partial charge < -0.3 is 4.74 Å². The summed E-state index contributed by atoms with van der Waals surface area (Å²) >= 11 is 6.11. The van der Waals surface area contributed by atoms with Gasteiger partial charge in [-0.05, 0) is 12.8 Å². The van der Waals surface area contributed by atoms with Gasteiger partial charge in [0.25, 0.3) is 0 Å². The first-order chi connectivity index (χ1) is 12.4. The van der Waals surface area contributed by atoms with Crippen LogP contribution in [0.25, 0.3) is 0 Å². The Morgan fingerprint density at radius 2 is 1.58 bits per heavy atom. The summed E-state index contributed by atoms with van der Waals surface area (Å²) in [6.45, 7) is 2.19. The topological polar surface area (TPSA) is 77.5 Å². The summed E-state index contributed by atoms with van der Waals surface area (Å²) in [5.74, 6) is -3.97. The van der Waals surface area contributed by atoms with Crippen molar-refractivity contribution in [2.45, 2.75) is 88.8 Å². The summed E-state index contributed by atoms with van der Waals surface area (Å²) in [6.07, 6.45) is 10.0. The molecule has 1 rings (SSSR count). The van der Waals surface area contributed by atoms with E-state index in [1.165, 1.54) is 32.1 Å². The van der Waals surface area contributed by atoms with Crippen LogP contribution in [-0.4, -0.2) is 35.3 Å². The SMILES string of the molecule is CCCCCCCCCCCC(=O)[C@H]1C(=O)CC[C@@](Cl)(C(=O)OC)C1=O. The zero-order valence-corrected chi connectivity index (χ0v) is 16.7. The average Bonchev–Trinajstić information content (AvgIpc) is 2.63. The summed E-state index contributed by atoms with van der Waals surface area (Å²) in [5.41, 5.74) is 0. The van der Waals surface area contributed by atoms with Gasteiger partial charge in [0.05, 0.1) is 7.11 Å². The standard InChI is InChI=1S/C20H31ClO5/c1-3-4-5-6-7-8-9-10-11-12-15(22)17-16(23)13-14-20(21,18(17)24)19(25)26-2/h17H,3-14H2,1-2H3/t17-,20-/m0/s1. The molecule has 1 aliphatic rings. The van der Waals surface area contributed by atoms with Crippen LogP contribution in [0, 0.1) is 5.92 Å². The lowest BCUT2D eigenvalue weighted by Gasteiger charge is -2.30. The Morgan fingerprint density at radius 3 is 2.12 bits per heavy atom. The van der Waals surface area contributed by atoms with Crippen molar-refractivity contribution in [1.29, 1.82) is 0 Å². The molecule has 0 amide bonds. The first-order valence-corrected chi connectivity index (χ1v) is 10.1. The largest absolute Gasteiger partial charge is 0.467 e. The van der Waals surface area contributed by atoms with Crippen LogP contribution in [-0.2, 0) is 23.9 Å². The molecule has 0 aromatic carbocycles. The number of ether oxygens (including phenoxy) is 1. The molecule has 26 heavy (non-hydrogen) atoms. The molecule has 0 aromatic rings. The molecular weight excluding hydrogens is 356 g/mol. The highest BCUT2D eigenvalue weighted by atomic mass is 35.5. The van der Waals surface area contributed by atoms with E-state index in [4.69, 9.17) is 11.6 Å². The van der Waals surface area contributed by atoms with Crippen LogP contribution in [0.4, 0.5) is 0 Å². The number of esters is 1. The monoisotopic (exact) mass is 386 g/mol. The molecule has 0 aliphatic heterocycles. The van der Waals surface area contributed by atoms with Crippen molar-refractivity contribution in [2.24, 2.45) is 5.92 Å². The maximum absolute atomic E-state index is 12.5. The molecule has 0 radical (unpaired) electrons. The molecule has 0 aromatic heterocycles. The molecule has 1 saturated carbocycles. The van der Waals surface area contributed by atoms with Gasteiger partial charge in [-0.25, -0.2) is 4.79 Å². The Bertz CT molecular complexity index is 516. The number of carbonyl (C=O) groups excluding carboxylic acids is 4. The van der Waals surface area contributed by atoms with Crippen molar-refractivity contribution >= 4 is 34.9 Å². The molecule has 0 spiro atoms. The number of hydrogen-bond acceptors (Lipinski definition) is 5. The molecule has 2 atom stereocenters. The number of Topliss-reactive ketones (excluding diaryl/α,β-unsaturated/α-hetero) is 3. The molecule has 5 nitrogen and oxygen atoms in total. The third-order valence-electron chi connectivity index (χ3n) is 5.05. The molecule has 0 N–H and O–H groups in total. The van der Waals surface area contributed by atoms with Gasteiger partial charge in [-0.1, -0.05) is 69.9 Å². The second kappa shape index (κ2) is 11.5. The van der Waals surface area contributed by atoms with E-state index in [-0.39, 0.29) is 19.3 Å². The maximum atomic E-state index is 12.5. The molecule has 0 unspecified atom stereocenters. The van der Waals surface area contributed by atoms with Gasteiger partial charge >= 0.3 is 5.97 Å². The van der Waals surface area contributed by atoms with Crippen LogP contribution in [0.2, 0.25) is 0 Å². The van der Waals surface area contributed by atoms with E-state index in [0.29, 0.717) is 6.42 Å². The highest BCUT2D eigenvalue weighted by Crippen LogP contribution is 2.35. The number of alkyl halides is 1. The number of hydrogen-bond donors (Lipinski definition) is 0. The highest BCUT2D eigenvalue weighted by molar-refractivity contribution is 6.49. The molecule has 1 aliphatic carbocycles. The van der Waals surface area contributed by atoms with E-state index in [1.807, 2.05) is 0 Å². The number of methoxy groups -OCH3 is 1. The first kappa shape index (κ1) is 22.8. The van der Waals surface area contributed by atoms with Crippen LogP contribution in [0.15, 0.2) is 0 Å². The van der Waals surface area contributed by atoms with Crippen molar-refractivity contribution in [1.82, 2.24) is 0 Å². The van der Waals surface area contributed by atoms with Gasteiger partial charge in [0.2, 0.25) is 4.87 Å². The van der Waals surface area contributed by atoms with Crippen molar-refractivity contribution in [2.75, 3.05) is 7.11 Å². The van der Waals surface area contributed by atoms with Gasteiger partial charge in [0.1, 0.15) is 5.92 Å². The summed E-state index contributed by atoms with van der Waals surface area (Å²) in [7, 11) is 1.13. The molecule has 6 heteroatoms. The van der Waals surface area contributed by atoms with E-state index in [1.54, 1.807) is 0 Å². The zero-order chi connectivity index (χ0) is 19.6. The van der Waals surface area contributed by atoms with Gasteiger partial charge in [-0.2, -0.15) is 0 Å². The van der Waals surface area contributed by atoms with E-state index in [9.17, 15) is 19.2 Å². The molecular formula is C20H31ClO5. The molecule has 0 heterocycles. The number of ketones is 3. The fourth-order valence-electron chi connectivity index (χ4n) is 3.38. The number of carbonyl (C=O) groups is 4. The normalized spacial score (nSPS) is 23.1. The molecule has 148 valence electrons. The summed E-state index contributed by atoms with van der Waals surface area (Å²) in [4.78, 5) is 46.8. The molecule has 1 fully saturated rings. The van der Waals surface area contributed by atoms with E-state index >= 15 is 0 Å². The number of halogens is 1. The smallest absolute Gasteiger partial charge is 0.334 e. The van der Waals surface area contributed by atoms with Crippen molar-refractivity contribution in [3.63, 3.8) is 0 Å². The fourth-order valence-corrected chi connectivity index (χ4v) is 3.66. The average molecular weight is 387 g/mol. The van der Waals surface area contributed by atoms with Crippen LogP contribution < -0.4 is 0 Å². The van der Waals surface area contributed by atoms with Crippen molar-refractivity contribution in [3.8, 4) is 0 Å². The third kappa shape index (κ3) is 6.19. The number of rotatable bonds is 12. The Hall–Kier alpha value is -1.23. The predicted molar refractivity (Wildman–Crippen MR) is 100 cm³/mol. The lowest BCUT2D eigenvalue weighted by Crippen LogP contribution is -2.53. The minimum Gasteiger partial charge on any atom is -0.467 e. The second-order valence-corrected chi connectivity index (χ2v) is 7.75. The summed E-state index contributed by atoms with van der Waals surface area (Å²) < 4.78 is 4.57. The molecule has 0 saturated heterocycles. The Morgan fingerprint density at radius 1 is 1.04 bits per heavy atom. The zero-order valence-electron chi connectivity index (χ0n) is 16.0. The first-order valence-electron chi connectivity index (χ1n) is 9.75.